The van der Waals surface area contributed by atoms with Gasteiger partial charge in [-0.25, -0.2) is 14.4 Å². The molecule has 0 aliphatic carbocycles. The summed E-state index contributed by atoms with van der Waals surface area (Å²) < 4.78 is -1.34. The summed E-state index contributed by atoms with van der Waals surface area (Å²) in [7, 11) is 0. The van der Waals surface area contributed by atoms with Gasteiger partial charge in [0, 0.05) is 0 Å². The van der Waals surface area contributed by atoms with Crippen molar-refractivity contribution in [2.75, 3.05) is 19.6 Å². The monoisotopic (exact) mass is 326 g/mol. The van der Waals surface area contributed by atoms with Crippen molar-refractivity contribution in [2.45, 2.75) is 0 Å². The van der Waals surface area contributed by atoms with E-state index in [1.807, 2.05) is 0 Å². The molecular weight excluding hydrogens is 310 g/mol. The van der Waals surface area contributed by atoms with Gasteiger partial charge in [0.25, 0.3) is 0 Å². The first-order chi connectivity index (χ1) is 8.10. The van der Waals surface area contributed by atoms with E-state index in [0.717, 1.165) is 0 Å². The summed E-state index contributed by atoms with van der Waals surface area (Å²) in [6, 6.07) is 0. The van der Waals surface area contributed by atoms with Gasteiger partial charge >= 0.3 is 77.0 Å². The zero-order valence-corrected chi connectivity index (χ0v) is 9.87. The second kappa shape index (κ2) is 12.1. The molecule has 0 bridgehead atoms. The molecule has 0 aromatic carbocycles. The van der Waals surface area contributed by atoms with Gasteiger partial charge in [0.1, 0.15) is 11.7 Å². The summed E-state index contributed by atoms with van der Waals surface area (Å²) in [5.41, 5.74) is -0.915. The summed E-state index contributed by atoms with van der Waals surface area (Å²) in [6.45, 7) is -0.103. The van der Waals surface area contributed by atoms with Crippen LogP contribution >= 0.6 is 0 Å². The molecule has 0 aliphatic heterocycles. The molecule has 0 saturated heterocycles. The van der Waals surface area contributed by atoms with Crippen LogP contribution in [0.2, 0.25) is 0 Å². The number of nitrogens with zero attached hydrogens (tertiary/aromatic N) is 1. The van der Waals surface area contributed by atoms with Crippen LogP contribution in [0.3, 0.4) is 0 Å². The van der Waals surface area contributed by atoms with Crippen LogP contribution in [-0.4, -0.2) is 122 Å². The third kappa shape index (κ3) is 9.98. The minimum atomic E-state index is -1.90. The molecule has 0 spiro atoms. The van der Waals surface area contributed by atoms with Gasteiger partial charge in [-0.15, -0.1) is 0 Å². The fourth-order valence-corrected chi connectivity index (χ4v) is 1.42. The SMILES string of the molecule is C=C(C(=O)[O-])[N+](CC(=O)O)(CC(=O)O)CC(=O)O.N.[NaH].[NaH]. The Morgan fingerprint density at radius 1 is 0.857 bits per heavy atom. The Balaban J connectivity index is -0.000000482. The van der Waals surface area contributed by atoms with E-state index in [0.29, 0.717) is 0 Å². The van der Waals surface area contributed by atoms with Gasteiger partial charge in [0.15, 0.2) is 19.6 Å². The summed E-state index contributed by atoms with van der Waals surface area (Å²) in [5, 5.41) is 36.6. The van der Waals surface area contributed by atoms with E-state index in [2.05, 4.69) is 6.58 Å². The Hall–Kier alpha value is -0.460. The van der Waals surface area contributed by atoms with Crippen LogP contribution in [0, 0.1) is 0 Å². The molecule has 0 amide bonds. The maximum absolute atomic E-state index is 10.7. The van der Waals surface area contributed by atoms with E-state index < -0.39 is 53.7 Å². The average molecular weight is 326 g/mol. The van der Waals surface area contributed by atoms with E-state index in [1.54, 1.807) is 0 Å². The van der Waals surface area contributed by atoms with Crippen LogP contribution in [0.25, 0.3) is 0 Å². The molecule has 0 unspecified atom stereocenters. The van der Waals surface area contributed by atoms with Crippen molar-refractivity contribution < 1.29 is 44.1 Å². The third-order valence-electron chi connectivity index (χ3n) is 2.12. The number of hydrogen-bond acceptors (Lipinski definition) is 6. The second-order valence-electron chi connectivity index (χ2n) is 3.53. The first-order valence-electron chi connectivity index (χ1n) is 4.53. The summed E-state index contributed by atoms with van der Waals surface area (Å²) in [6.07, 6.45) is 0. The van der Waals surface area contributed by atoms with Crippen molar-refractivity contribution in [1.82, 2.24) is 6.15 Å². The number of carbonyl (C=O) groups is 4. The maximum atomic E-state index is 10.7. The van der Waals surface area contributed by atoms with Crippen LogP contribution < -0.4 is 11.3 Å². The molecule has 0 fully saturated rings. The van der Waals surface area contributed by atoms with Crippen molar-refractivity contribution in [3.05, 3.63) is 12.3 Å². The number of rotatable bonds is 8. The summed E-state index contributed by atoms with van der Waals surface area (Å²) in [5.74, 6) is -6.57. The quantitative estimate of drug-likeness (QED) is 0.197. The number of quaternary nitrogens is 1. The molecule has 0 aromatic heterocycles. The van der Waals surface area contributed by atoms with E-state index in [4.69, 9.17) is 15.3 Å². The van der Waals surface area contributed by atoms with E-state index in [-0.39, 0.29) is 65.3 Å². The molecule has 0 aromatic rings. The van der Waals surface area contributed by atoms with Crippen molar-refractivity contribution in [1.29, 1.82) is 0 Å². The van der Waals surface area contributed by atoms with Crippen molar-refractivity contribution >= 4 is 83.0 Å². The number of hydrogen-bond donors (Lipinski definition) is 4. The second-order valence-corrected chi connectivity index (χ2v) is 3.53. The first-order valence-corrected chi connectivity index (χ1v) is 4.53. The number of aliphatic carboxylic acids is 4. The number of carboxylic acids is 4. The fraction of sp³-hybridized carbons (Fsp3) is 0.333. The number of carboxylic acid groups (broad SMARTS) is 4. The average Bonchev–Trinajstić information content (AvgIpc) is 2.12. The Bertz CT molecular complexity index is 385. The van der Waals surface area contributed by atoms with Crippen LogP contribution in [-0.2, 0) is 19.2 Å². The van der Waals surface area contributed by atoms with Gasteiger partial charge in [-0.05, 0) is 6.58 Å². The Morgan fingerprint density at radius 3 is 1.24 bits per heavy atom. The third-order valence-corrected chi connectivity index (χ3v) is 2.12. The molecule has 0 atom stereocenters. The molecule has 0 radical (unpaired) electrons. The number of carbonyl (C=O) groups excluding carboxylic acids is 1. The molecule has 0 aliphatic rings. The van der Waals surface area contributed by atoms with Crippen LogP contribution in [0.1, 0.15) is 0 Å². The van der Waals surface area contributed by atoms with Gasteiger partial charge in [-0.1, -0.05) is 0 Å². The molecule has 12 heteroatoms. The Kier molecular flexibility index (Phi) is 16.5. The first kappa shape index (κ1) is 28.7. The van der Waals surface area contributed by atoms with Gasteiger partial charge < -0.3 is 31.4 Å². The molecule has 0 heterocycles. The molecule has 112 valence electrons. The van der Waals surface area contributed by atoms with E-state index >= 15 is 0 Å². The Morgan fingerprint density at radius 2 is 1.10 bits per heavy atom. The van der Waals surface area contributed by atoms with E-state index in [1.165, 1.54) is 0 Å². The van der Waals surface area contributed by atoms with Gasteiger partial charge in [0.2, 0.25) is 0 Å². The van der Waals surface area contributed by atoms with Gasteiger partial charge in [-0.2, -0.15) is 0 Å². The van der Waals surface area contributed by atoms with Gasteiger partial charge in [-0.3, -0.25) is 4.48 Å². The predicted molar refractivity (Wildman–Crippen MR) is 71.2 cm³/mol. The normalized spacial score (nSPS) is 9.14. The molecular formula is C9H16N2Na2O8. The van der Waals surface area contributed by atoms with Crippen molar-refractivity contribution in [2.24, 2.45) is 0 Å². The standard InChI is InChI=1S/C9H11NO8.H3N.2Na.2H/c1-5(9(17)18)10(2-6(11)12,3-7(13)14)4-8(15)16;;;;;/h1-4H2,(H3-,11,12,13,14,15,16,17,18);1H3;;;;. The van der Waals surface area contributed by atoms with Crippen molar-refractivity contribution in [3.63, 3.8) is 0 Å². The van der Waals surface area contributed by atoms with Crippen LogP contribution in [0.15, 0.2) is 12.3 Å². The Labute approximate surface area is 164 Å². The topological polar surface area (TPSA) is 187 Å². The van der Waals surface area contributed by atoms with Crippen LogP contribution in [0.4, 0.5) is 0 Å². The molecule has 6 N–H and O–H groups in total. The molecule has 0 saturated carbocycles. The zero-order chi connectivity index (χ0) is 14.5. The minimum absolute atomic E-state index is 0. The summed E-state index contributed by atoms with van der Waals surface area (Å²) in [4.78, 5) is 42.6. The zero-order valence-electron chi connectivity index (χ0n) is 9.87. The predicted octanol–water partition coefficient (Wildman–Crippen LogP) is -3.81. The van der Waals surface area contributed by atoms with Crippen molar-refractivity contribution in [3.8, 4) is 0 Å². The molecule has 21 heavy (non-hydrogen) atoms. The van der Waals surface area contributed by atoms with E-state index in [9.17, 15) is 24.3 Å². The van der Waals surface area contributed by atoms with Crippen LogP contribution in [0.5, 0.6) is 0 Å². The van der Waals surface area contributed by atoms with Gasteiger partial charge in [0.05, 0.1) is 0 Å². The summed E-state index contributed by atoms with van der Waals surface area (Å²) >= 11 is 0. The molecule has 10 nitrogen and oxygen atoms in total. The fourth-order valence-electron chi connectivity index (χ4n) is 1.42. The molecule has 0 rings (SSSR count).